The van der Waals surface area contributed by atoms with Crippen LogP contribution >= 0.6 is 0 Å². The monoisotopic (exact) mass is 205 g/mol. The minimum absolute atomic E-state index is 0.551. The summed E-state index contributed by atoms with van der Waals surface area (Å²) >= 11 is 0. The zero-order chi connectivity index (χ0) is 10.8. The van der Waals surface area contributed by atoms with Crippen molar-refractivity contribution < 1.29 is 0 Å². The highest BCUT2D eigenvalue weighted by atomic mass is 15.3. The van der Waals surface area contributed by atoms with Crippen LogP contribution in [0.3, 0.4) is 0 Å². The van der Waals surface area contributed by atoms with Crippen molar-refractivity contribution in [3.05, 3.63) is 29.7 Å². The topological polar surface area (TPSA) is 61.7 Å². The molecule has 0 amide bonds. The third-order valence-electron chi connectivity index (χ3n) is 2.37. The molecule has 0 aliphatic heterocycles. The first-order valence-corrected chi connectivity index (χ1v) is 5.01. The van der Waals surface area contributed by atoms with Gasteiger partial charge in [0.15, 0.2) is 0 Å². The molecule has 0 spiro atoms. The van der Waals surface area contributed by atoms with E-state index in [0.717, 1.165) is 18.8 Å². The Hall–Kier alpha value is -1.78. The van der Waals surface area contributed by atoms with Crippen LogP contribution in [-0.2, 0) is 13.1 Å². The van der Waals surface area contributed by atoms with E-state index in [1.165, 1.54) is 5.56 Å². The molecule has 0 aliphatic rings. The van der Waals surface area contributed by atoms with Gasteiger partial charge in [0.05, 0.1) is 12.2 Å². The number of hydrogen-bond acceptors (Lipinski definition) is 3. The van der Waals surface area contributed by atoms with Crippen molar-refractivity contribution in [3.63, 3.8) is 0 Å². The first kappa shape index (κ1) is 9.76. The van der Waals surface area contributed by atoms with E-state index in [1.807, 2.05) is 28.7 Å². The van der Waals surface area contributed by atoms with Gasteiger partial charge in [-0.25, -0.2) is 0 Å². The van der Waals surface area contributed by atoms with Crippen LogP contribution in [0.5, 0.6) is 0 Å². The predicted octanol–water partition coefficient (Wildman–Crippen LogP) is 1.04. The van der Waals surface area contributed by atoms with Crippen LogP contribution in [-0.4, -0.2) is 19.6 Å². The fourth-order valence-electron chi connectivity index (χ4n) is 1.52. The summed E-state index contributed by atoms with van der Waals surface area (Å²) < 4.78 is 3.75. The molecule has 2 aromatic rings. The van der Waals surface area contributed by atoms with E-state index in [0.29, 0.717) is 5.82 Å². The predicted molar refractivity (Wildman–Crippen MR) is 58.4 cm³/mol. The van der Waals surface area contributed by atoms with E-state index in [9.17, 15) is 0 Å². The summed E-state index contributed by atoms with van der Waals surface area (Å²) in [5, 5.41) is 8.52. The summed E-state index contributed by atoms with van der Waals surface area (Å²) in [6.45, 7) is 5.70. The van der Waals surface area contributed by atoms with E-state index in [1.54, 1.807) is 6.07 Å². The molecule has 5 nitrogen and oxygen atoms in total. The van der Waals surface area contributed by atoms with Gasteiger partial charge in [-0.2, -0.15) is 10.2 Å². The zero-order valence-electron chi connectivity index (χ0n) is 9.01. The lowest BCUT2D eigenvalue weighted by molar-refractivity contribution is 0.651. The number of aromatic nitrogens is 4. The van der Waals surface area contributed by atoms with Crippen LogP contribution in [0.15, 0.2) is 18.5 Å². The molecule has 0 saturated carbocycles. The summed E-state index contributed by atoms with van der Waals surface area (Å²) in [5.41, 5.74) is 7.78. The Morgan fingerprint density at radius 1 is 1.33 bits per heavy atom. The van der Waals surface area contributed by atoms with Gasteiger partial charge in [0, 0.05) is 24.5 Å². The van der Waals surface area contributed by atoms with Crippen LogP contribution in [0.2, 0.25) is 0 Å². The molecule has 2 rings (SSSR count). The summed E-state index contributed by atoms with van der Waals surface area (Å²) in [6, 6.07) is 1.79. The fraction of sp³-hybridized carbons (Fsp3) is 0.400. The Balaban J connectivity index is 2.20. The minimum atomic E-state index is 0.551. The number of nitrogen functional groups attached to an aromatic ring is 1. The largest absolute Gasteiger partial charge is 0.382 e. The van der Waals surface area contributed by atoms with Gasteiger partial charge in [0.1, 0.15) is 5.82 Å². The number of anilines is 1. The van der Waals surface area contributed by atoms with Gasteiger partial charge in [-0.3, -0.25) is 9.36 Å². The fourth-order valence-corrected chi connectivity index (χ4v) is 1.52. The van der Waals surface area contributed by atoms with Crippen LogP contribution in [0.1, 0.15) is 18.2 Å². The lowest BCUT2D eigenvalue weighted by Gasteiger charge is -1.98. The Labute approximate surface area is 88.5 Å². The molecule has 0 radical (unpaired) electrons. The normalized spacial score (nSPS) is 10.8. The Morgan fingerprint density at radius 3 is 2.67 bits per heavy atom. The lowest BCUT2D eigenvalue weighted by Crippen LogP contribution is -2.01. The van der Waals surface area contributed by atoms with E-state index in [-0.39, 0.29) is 0 Å². The molecule has 0 fully saturated rings. The lowest BCUT2D eigenvalue weighted by atomic mass is 10.3. The average molecular weight is 205 g/mol. The number of nitrogens with zero attached hydrogens (tertiary/aromatic N) is 4. The van der Waals surface area contributed by atoms with Crippen molar-refractivity contribution in [2.24, 2.45) is 0 Å². The summed E-state index contributed by atoms with van der Waals surface area (Å²) in [4.78, 5) is 0. The molecule has 2 aromatic heterocycles. The molecular formula is C10H15N5. The maximum Gasteiger partial charge on any atom is 0.145 e. The molecule has 0 saturated heterocycles. The van der Waals surface area contributed by atoms with Crippen molar-refractivity contribution >= 4 is 5.82 Å². The molecule has 5 heteroatoms. The number of rotatable bonds is 3. The molecule has 0 aliphatic carbocycles. The first-order valence-electron chi connectivity index (χ1n) is 5.01. The molecule has 0 atom stereocenters. The van der Waals surface area contributed by atoms with Crippen molar-refractivity contribution in [3.8, 4) is 0 Å². The Kier molecular flexibility index (Phi) is 2.45. The van der Waals surface area contributed by atoms with E-state index < -0.39 is 0 Å². The SMILES string of the molecule is CCn1cc(Cn2ccc(N)n2)c(C)n1. The van der Waals surface area contributed by atoms with E-state index >= 15 is 0 Å². The van der Waals surface area contributed by atoms with Crippen molar-refractivity contribution in [2.75, 3.05) is 5.73 Å². The maximum absolute atomic E-state index is 5.55. The highest BCUT2D eigenvalue weighted by Gasteiger charge is 2.05. The van der Waals surface area contributed by atoms with E-state index in [4.69, 9.17) is 5.73 Å². The highest BCUT2D eigenvalue weighted by molar-refractivity contribution is 5.24. The molecule has 2 N–H and O–H groups in total. The third kappa shape index (κ3) is 2.01. The first-order chi connectivity index (χ1) is 7.19. The minimum Gasteiger partial charge on any atom is -0.382 e. The van der Waals surface area contributed by atoms with Crippen molar-refractivity contribution in [2.45, 2.75) is 26.9 Å². The second-order valence-corrected chi connectivity index (χ2v) is 3.53. The molecule has 15 heavy (non-hydrogen) atoms. The standard InChI is InChI=1S/C10H15N5/c1-3-14-6-9(8(2)12-14)7-15-5-4-10(11)13-15/h4-6H,3,7H2,1-2H3,(H2,11,13). The van der Waals surface area contributed by atoms with Gasteiger partial charge in [0.2, 0.25) is 0 Å². The summed E-state index contributed by atoms with van der Waals surface area (Å²) in [7, 11) is 0. The zero-order valence-corrected chi connectivity index (χ0v) is 9.01. The van der Waals surface area contributed by atoms with Gasteiger partial charge in [0.25, 0.3) is 0 Å². The number of aryl methyl sites for hydroxylation is 2. The highest BCUT2D eigenvalue weighted by Crippen LogP contribution is 2.08. The number of hydrogen-bond donors (Lipinski definition) is 1. The molecule has 0 bridgehead atoms. The average Bonchev–Trinajstić information content (AvgIpc) is 2.75. The van der Waals surface area contributed by atoms with Gasteiger partial charge >= 0.3 is 0 Å². The second kappa shape index (κ2) is 3.76. The van der Waals surface area contributed by atoms with Gasteiger partial charge < -0.3 is 5.73 Å². The molecular weight excluding hydrogens is 190 g/mol. The van der Waals surface area contributed by atoms with Gasteiger partial charge in [-0.15, -0.1) is 0 Å². The molecule has 2 heterocycles. The van der Waals surface area contributed by atoms with Crippen molar-refractivity contribution in [1.82, 2.24) is 19.6 Å². The molecule has 80 valence electrons. The quantitative estimate of drug-likeness (QED) is 0.814. The van der Waals surface area contributed by atoms with Crippen LogP contribution in [0.4, 0.5) is 5.82 Å². The Morgan fingerprint density at radius 2 is 2.13 bits per heavy atom. The van der Waals surface area contributed by atoms with Gasteiger partial charge in [-0.05, 0) is 19.9 Å². The maximum atomic E-state index is 5.55. The van der Waals surface area contributed by atoms with Crippen LogP contribution in [0.25, 0.3) is 0 Å². The third-order valence-corrected chi connectivity index (χ3v) is 2.37. The number of nitrogens with two attached hydrogens (primary N) is 1. The molecule has 0 unspecified atom stereocenters. The van der Waals surface area contributed by atoms with Crippen LogP contribution in [0, 0.1) is 6.92 Å². The van der Waals surface area contributed by atoms with Crippen molar-refractivity contribution in [1.29, 1.82) is 0 Å². The van der Waals surface area contributed by atoms with Crippen LogP contribution < -0.4 is 5.73 Å². The summed E-state index contributed by atoms with van der Waals surface area (Å²) in [5.74, 6) is 0.551. The smallest absolute Gasteiger partial charge is 0.145 e. The van der Waals surface area contributed by atoms with E-state index in [2.05, 4.69) is 17.1 Å². The summed E-state index contributed by atoms with van der Waals surface area (Å²) in [6.07, 6.45) is 3.92. The van der Waals surface area contributed by atoms with Gasteiger partial charge in [-0.1, -0.05) is 0 Å². The second-order valence-electron chi connectivity index (χ2n) is 3.53. The Bertz CT molecular complexity index is 454. The molecule has 0 aromatic carbocycles.